The molecule has 1 aliphatic heterocycles. The van der Waals surface area contributed by atoms with Gasteiger partial charge in [0.25, 0.3) is 0 Å². The molecule has 0 radical (unpaired) electrons. The third-order valence-corrected chi connectivity index (χ3v) is 2.49. The standard InChI is InChI=1S/C12H26N2O/c1-12(2,3)10-14-6-7-15-11(9-14)8-13(4)5/h11H,6-10H2,1-5H3. The number of hydrogen-bond acceptors (Lipinski definition) is 3. The summed E-state index contributed by atoms with van der Waals surface area (Å²) in [6.45, 7) is 12.1. The quantitative estimate of drug-likeness (QED) is 0.704. The van der Waals surface area contributed by atoms with Crippen LogP contribution in [-0.4, -0.2) is 62.8 Å². The van der Waals surface area contributed by atoms with Gasteiger partial charge in [-0.3, -0.25) is 4.90 Å². The summed E-state index contributed by atoms with van der Waals surface area (Å²) < 4.78 is 5.75. The smallest absolute Gasteiger partial charge is 0.0829 e. The monoisotopic (exact) mass is 214 g/mol. The maximum absolute atomic E-state index is 5.75. The van der Waals surface area contributed by atoms with E-state index in [9.17, 15) is 0 Å². The highest BCUT2D eigenvalue weighted by molar-refractivity contribution is 4.77. The Morgan fingerprint density at radius 3 is 2.53 bits per heavy atom. The predicted octanol–water partition coefficient (Wildman–Crippen LogP) is 1.29. The lowest BCUT2D eigenvalue weighted by Gasteiger charge is -2.37. The van der Waals surface area contributed by atoms with Crippen LogP contribution >= 0.6 is 0 Å². The van der Waals surface area contributed by atoms with Gasteiger partial charge >= 0.3 is 0 Å². The summed E-state index contributed by atoms with van der Waals surface area (Å²) in [5.41, 5.74) is 0.389. The second kappa shape index (κ2) is 5.28. The molecule has 3 heteroatoms. The molecular formula is C12H26N2O. The Balaban J connectivity index is 2.35. The van der Waals surface area contributed by atoms with E-state index in [4.69, 9.17) is 4.74 Å². The first-order valence-corrected chi connectivity index (χ1v) is 5.85. The van der Waals surface area contributed by atoms with Crippen LogP contribution in [-0.2, 0) is 4.74 Å². The van der Waals surface area contributed by atoms with Gasteiger partial charge in [-0.2, -0.15) is 0 Å². The van der Waals surface area contributed by atoms with Gasteiger partial charge in [-0.25, -0.2) is 0 Å². The zero-order valence-electron chi connectivity index (χ0n) is 10.9. The highest BCUT2D eigenvalue weighted by Crippen LogP contribution is 2.17. The second-order valence-corrected chi connectivity index (χ2v) is 6.05. The van der Waals surface area contributed by atoms with Gasteiger partial charge < -0.3 is 9.64 Å². The van der Waals surface area contributed by atoms with Crippen LogP contribution in [0.25, 0.3) is 0 Å². The molecule has 1 saturated heterocycles. The molecule has 0 N–H and O–H groups in total. The Morgan fingerprint density at radius 1 is 1.33 bits per heavy atom. The van der Waals surface area contributed by atoms with Crippen LogP contribution in [0.15, 0.2) is 0 Å². The van der Waals surface area contributed by atoms with Crippen LogP contribution in [0.1, 0.15) is 20.8 Å². The molecule has 0 aromatic heterocycles. The van der Waals surface area contributed by atoms with Crippen LogP contribution in [0.2, 0.25) is 0 Å². The fourth-order valence-corrected chi connectivity index (χ4v) is 2.11. The number of ether oxygens (including phenoxy) is 1. The molecule has 1 atom stereocenters. The topological polar surface area (TPSA) is 15.7 Å². The number of morpholine rings is 1. The van der Waals surface area contributed by atoms with Crippen LogP contribution in [0.3, 0.4) is 0 Å². The lowest BCUT2D eigenvalue weighted by atomic mass is 9.95. The molecule has 15 heavy (non-hydrogen) atoms. The summed E-state index contributed by atoms with van der Waals surface area (Å²) in [6, 6.07) is 0. The number of likely N-dealkylation sites (N-methyl/N-ethyl adjacent to an activating group) is 1. The van der Waals surface area contributed by atoms with Gasteiger partial charge in [0.2, 0.25) is 0 Å². The first-order valence-electron chi connectivity index (χ1n) is 5.85. The van der Waals surface area contributed by atoms with E-state index in [2.05, 4.69) is 44.7 Å². The van der Waals surface area contributed by atoms with Gasteiger partial charge in [-0.15, -0.1) is 0 Å². The fourth-order valence-electron chi connectivity index (χ4n) is 2.11. The molecule has 0 saturated carbocycles. The van der Waals surface area contributed by atoms with Crippen molar-refractivity contribution in [2.75, 3.05) is 46.9 Å². The SMILES string of the molecule is CN(C)CC1CN(CC(C)(C)C)CCO1. The normalized spacial score (nSPS) is 24.8. The third kappa shape index (κ3) is 5.50. The number of rotatable bonds is 3. The van der Waals surface area contributed by atoms with Crippen molar-refractivity contribution < 1.29 is 4.74 Å². The molecule has 3 nitrogen and oxygen atoms in total. The highest BCUT2D eigenvalue weighted by Gasteiger charge is 2.24. The molecule has 0 amide bonds. The van der Waals surface area contributed by atoms with E-state index < -0.39 is 0 Å². The Bertz CT molecular complexity index is 187. The average molecular weight is 214 g/mol. The van der Waals surface area contributed by atoms with Gasteiger partial charge in [-0.1, -0.05) is 20.8 Å². The minimum atomic E-state index is 0.385. The van der Waals surface area contributed by atoms with Gasteiger partial charge in [0.05, 0.1) is 12.7 Å². The molecule has 1 unspecified atom stereocenters. The van der Waals surface area contributed by atoms with Crippen molar-refractivity contribution in [1.29, 1.82) is 0 Å². The van der Waals surface area contributed by atoms with Crippen LogP contribution in [0.4, 0.5) is 0 Å². The van der Waals surface area contributed by atoms with Crippen molar-refractivity contribution in [3.63, 3.8) is 0 Å². The van der Waals surface area contributed by atoms with Gasteiger partial charge in [0.1, 0.15) is 0 Å². The van der Waals surface area contributed by atoms with E-state index in [1.54, 1.807) is 0 Å². The lowest BCUT2D eigenvalue weighted by Crippen LogP contribution is -2.48. The van der Waals surface area contributed by atoms with Gasteiger partial charge in [0.15, 0.2) is 0 Å². The van der Waals surface area contributed by atoms with Gasteiger partial charge in [0, 0.05) is 26.2 Å². The Labute approximate surface area is 94.4 Å². The van der Waals surface area contributed by atoms with Crippen molar-refractivity contribution in [1.82, 2.24) is 9.80 Å². The Kier molecular flexibility index (Phi) is 4.56. The number of hydrogen-bond donors (Lipinski definition) is 0. The van der Waals surface area contributed by atoms with Crippen molar-refractivity contribution in [2.45, 2.75) is 26.9 Å². The van der Waals surface area contributed by atoms with Crippen LogP contribution in [0, 0.1) is 5.41 Å². The fraction of sp³-hybridized carbons (Fsp3) is 1.00. The van der Waals surface area contributed by atoms with Crippen molar-refractivity contribution in [3.8, 4) is 0 Å². The Morgan fingerprint density at radius 2 is 2.00 bits per heavy atom. The molecule has 1 aliphatic rings. The van der Waals surface area contributed by atoms with E-state index in [0.29, 0.717) is 11.5 Å². The largest absolute Gasteiger partial charge is 0.374 e. The maximum Gasteiger partial charge on any atom is 0.0829 e. The zero-order valence-corrected chi connectivity index (χ0v) is 10.9. The van der Waals surface area contributed by atoms with Crippen molar-refractivity contribution in [2.24, 2.45) is 5.41 Å². The third-order valence-electron chi connectivity index (χ3n) is 2.49. The summed E-state index contributed by atoms with van der Waals surface area (Å²) in [7, 11) is 4.21. The van der Waals surface area contributed by atoms with Crippen LogP contribution < -0.4 is 0 Å². The second-order valence-electron chi connectivity index (χ2n) is 6.05. The Hall–Kier alpha value is -0.120. The molecule has 1 rings (SSSR count). The predicted molar refractivity (Wildman–Crippen MR) is 64.2 cm³/mol. The molecule has 90 valence electrons. The first-order chi connectivity index (χ1) is 6.87. The summed E-state index contributed by atoms with van der Waals surface area (Å²) >= 11 is 0. The lowest BCUT2D eigenvalue weighted by molar-refractivity contribution is -0.0458. The summed E-state index contributed by atoms with van der Waals surface area (Å²) in [4.78, 5) is 4.73. The zero-order chi connectivity index (χ0) is 11.5. The van der Waals surface area contributed by atoms with E-state index in [-0.39, 0.29) is 0 Å². The van der Waals surface area contributed by atoms with E-state index in [1.165, 1.54) is 6.54 Å². The highest BCUT2D eigenvalue weighted by atomic mass is 16.5. The van der Waals surface area contributed by atoms with Crippen LogP contribution in [0.5, 0.6) is 0 Å². The molecular weight excluding hydrogens is 188 g/mol. The molecule has 0 spiro atoms. The molecule has 1 heterocycles. The van der Waals surface area contributed by atoms with Crippen molar-refractivity contribution in [3.05, 3.63) is 0 Å². The maximum atomic E-state index is 5.75. The van der Waals surface area contributed by atoms with E-state index in [1.807, 2.05) is 0 Å². The van der Waals surface area contributed by atoms with E-state index in [0.717, 1.165) is 26.2 Å². The molecule has 0 aliphatic carbocycles. The number of nitrogens with zero attached hydrogens (tertiary/aromatic N) is 2. The summed E-state index contributed by atoms with van der Waals surface area (Å²) in [6.07, 6.45) is 0.385. The minimum absolute atomic E-state index is 0.385. The van der Waals surface area contributed by atoms with E-state index >= 15 is 0 Å². The molecule has 0 bridgehead atoms. The summed E-state index contributed by atoms with van der Waals surface area (Å²) in [5, 5.41) is 0. The molecule has 0 aromatic carbocycles. The summed E-state index contributed by atoms with van der Waals surface area (Å²) in [5.74, 6) is 0. The molecule has 1 fully saturated rings. The average Bonchev–Trinajstić information content (AvgIpc) is 1.99. The molecule has 0 aromatic rings. The van der Waals surface area contributed by atoms with Crippen molar-refractivity contribution >= 4 is 0 Å². The van der Waals surface area contributed by atoms with Gasteiger partial charge in [-0.05, 0) is 19.5 Å². The first kappa shape index (κ1) is 12.9. The minimum Gasteiger partial charge on any atom is -0.374 e.